The first-order valence-corrected chi connectivity index (χ1v) is 8.35. The van der Waals surface area contributed by atoms with Crippen molar-refractivity contribution in [3.63, 3.8) is 0 Å². The fraction of sp³-hybridized carbons (Fsp3) is 0.316. The van der Waals surface area contributed by atoms with Gasteiger partial charge in [-0.05, 0) is 29.7 Å². The minimum atomic E-state index is -0.365. The third-order valence-corrected chi connectivity index (χ3v) is 4.83. The molecule has 5 heteroatoms. The van der Waals surface area contributed by atoms with Gasteiger partial charge in [0.1, 0.15) is 6.17 Å². The van der Waals surface area contributed by atoms with E-state index in [0.29, 0.717) is 12.1 Å². The summed E-state index contributed by atoms with van der Waals surface area (Å²) in [4.78, 5) is 17.8. The maximum absolute atomic E-state index is 10.8. The van der Waals surface area contributed by atoms with Crippen LogP contribution in [0.1, 0.15) is 36.9 Å². The van der Waals surface area contributed by atoms with Gasteiger partial charge in [0.2, 0.25) is 0 Å². The molecule has 0 bridgehead atoms. The number of nitro benzene ring substituents is 1. The molecule has 24 heavy (non-hydrogen) atoms. The zero-order chi connectivity index (χ0) is 16.7. The number of fused-ring (bicyclic) bond motifs is 1. The Hall–Kier alpha value is -2.53. The van der Waals surface area contributed by atoms with Crippen LogP contribution in [0.2, 0.25) is 0 Å². The third kappa shape index (κ3) is 2.41. The van der Waals surface area contributed by atoms with Crippen molar-refractivity contribution in [3.05, 3.63) is 75.8 Å². The molecular formula is C19H19N3O2. The van der Waals surface area contributed by atoms with Gasteiger partial charge < -0.3 is 0 Å². The lowest BCUT2D eigenvalue weighted by Gasteiger charge is -2.12. The Morgan fingerprint density at radius 3 is 2.42 bits per heavy atom. The SMILES string of the molecule is CCCC1N=C(c2ccc([N+](=O)[O-])cc2)C2[C@H](c3ccccc3)N12. The van der Waals surface area contributed by atoms with Crippen molar-refractivity contribution in [1.29, 1.82) is 0 Å². The molecule has 2 aliphatic rings. The lowest BCUT2D eigenvalue weighted by atomic mass is 10.0. The van der Waals surface area contributed by atoms with Crippen LogP contribution in [0.15, 0.2) is 59.6 Å². The first-order chi connectivity index (χ1) is 11.7. The molecule has 0 amide bonds. The molecule has 2 aliphatic heterocycles. The number of nitrogens with zero attached hydrogens (tertiary/aromatic N) is 3. The second kappa shape index (κ2) is 5.83. The molecule has 0 aromatic heterocycles. The number of nitro groups is 1. The molecule has 3 unspecified atom stereocenters. The number of hydrogen-bond donors (Lipinski definition) is 0. The highest BCUT2D eigenvalue weighted by Crippen LogP contribution is 2.51. The summed E-state index contributed by atoms with van der Waals surface area (Å²) in [5.41, 5.74) is 3.50. The van der Waals surface area contributed by atoms with E-state index in [1.807, 2.05) is 18.2 Å². The van der Waals surface area contributed by atoms with Crippen LogP contribution in [0.4, 0.5) is 5.69 Å². The average molecular weight is 321 g/mol. The molecule has 5 nitrogen and oxygen atoms in total. The number of non-ortho nitro benzene ring substituents is 1. The van der Waals surface area contributed by atoms with Crippen molar-refractivity contribution in [1.82, 2.24) is 4.90 Å². The second-order valence-electron chi connectivity index (χ2n) is 6.34. The molecule has 2 heterocycles. The van der Waals surface area contributed by atoms with E-state index in [1.54, 1.807) is 12.1 Å². The standard InChI is InChI=1S/C19H19N3O2/c1-2-6-16-20-17(13-9-11-15(12-10-13)22(23)24)19-18(21(16)19)14-7-4-3-5-8-14/h3-5,7-12,16,18-19H,2,6H2,1H3/t16?,18-,19?,21?/m0/s1. The van der Waals surface area contributed by atoms with Crippen LogP contribution in [-0.4, -0.2) is 27.7 Å². The quantitative estimate of drug-likeness (QED) is 0.476. The van der Waals surface area contributed by atoms with Crippen LogP contribution in [0.3, 0.4) is 0 Å². The van der Waals surface area contributed by atoms with Crippen molar-refractivity contribution in [2.24, 2.45) is 4.99 Å². The maximum atomic E-state index is 10.8. The summed E-state index contributed by atoms with van der Waals surface area (Å²) in [5.74, 6) is 0. The zero-order valence-corrected chi connectivity index (χ0v) is 13.5. The summed E-state index contributed by atoms with van der Waals surface area (Å²) in [6, 6.07) is 18.0. The number of aliphatic imine (C=N–C) groups is 1. The minimum absolute atomic E-state index is 0.120. The van der Waals surface area contributed by atoms with E-state index in [9.17, 15) is 10.1 Å². The van der Waals surface area contributed by atoms with Gasteiger partial charge in [-0.25, -0.2) is 0 Å². The molecule has 4 rings (SSSR count). The van der Waals surface area contributed by atoms with E-state index >= 15 is 0 Å². The van der Waals surface area contributed by atoms with E-state index in [2.05, 4.69) is 36.1 Å². The second-order valence-corrected chi connectivity index (χ2v) is 6.34. The summed E-state index contributed by atoms with van der Waals surface area (Å²) in [6.07, 6.45) is 2.35. The summed E-state index contributed by atoms with van der Waals surface area (Å²) in [7, 11) is 0. The monoisotopic (exact) mass is 321 g/mol. The highest BCUT2D eigenvalue weighted by Gasteiger charge is 2.58. The van der Waals surface area contributed by atoms with E-state index in [0.717, 1.165) is 24.1 Å². The Labute approximate surface area is 140 Å². The van der Waals surface area contributed by atoms with Gasteiger partial charge in [-0.15, -0.1) is 0 Å². The topological polar surface area (TPSA) is 58.5 Å². The van der Waals surface area contributed by atoms with Gasteiger partial charge in [-0.2, -0.15) is 0 Å². The predicted molar refractivity (Wildman–Crippen MR) is 93.1 cm³/mol. The number of rotatable bonds is 5. The van der Waals surface area contributed by atoms with Gasteiger partial charge in [0.15, 0.2) is 0 Å². The Balaban J connectivity index is 1.65. The van der Waals surface area contributed by atoms with E-state index in [1.165, 1.54) is 5.56 Å². The van der Waals surface area contributed by atoms with Crippen molar-refractivity contribution >= 4 is 11.4 Å². The fourth-order valence-corrected chi connectivity index (χ4v) is 3.69. The highest BCUT2D eigenvalue weighted by atomic mass is 16.6. The van der Waals surface area contributed by atoms with Crippen LogP contribution in [0.25, 0.3) is 0 Å². The smallest absolute Gasteiger partial charge is 0.268 e. The Morgan fingerprint density at radius 2 is 1.79 bits per heavy atom. The largest absolute Gasteiger partial charge is 0.269 e. The normalized spacial score (nSPS) is 27.5. The summed E-state index contributed by atoms with van der Waals surface area (Å²) < 4.78 is 0. The molecular weight excluding hydrogens is 302 g/mol. The van der Waals surface area contributed by atoms with Gasteiger partial charge in [0.05, 0.1) is 22.7 Å². The average Bonchev–Trinajstić information content (AvgIpc) is 3.24. The summed E-state index contributed by atoms with van der Waals surface area (Å²) in [6.45, 7) is 2.18. The molecule has 122 valence electrons. The van der Waals surface area contributed by atoms with Crippen molar-refractivity contribution in [2.75, 3.05) is 0 Å². The van der Waals surface area contributed by atoms with E-state index in [-0.39, 0.29) is 16.8 Å². The van der Waals surface area contributed by atoms with Gasteiger partial charge >= 0.3 is 0 Å². The third-order valence-electron chi connectivity index (χ3n) is 4.83. The molecule has 1 fully saturated rings. The van der Waals surface area contributed by atoms with Gasteiger partial charge in [0.25, 0.3) is 5.69 Å². The van der Waals surface area contributed by atoms with Crippen molar-refractivity contribution in [2.45, 2.75) is 38.0 Å². The molecule has 2 aromatic rings. The Morgan fingerprint density at radius 1 is 1.08 bits per heavy atom. The number of benzene rings is 2. The Kier molecular flexibility index (Phi) is 3.65. The van der Waals surface area contributed by atoms with Crippen molar-refractivity contribution < 1.29 is 4.92 Å². The zero-order valence-electron chi connectivity index (χ0n) is 13.5. The van der Waals surface area contributed by atoms with Crippen LogP contribution in [0, 0.1) is 10.1 Å². The van der Waals surface area contributed by atoms with E-state index in [4.69, 9.17) is 4.99 Å². The van der Waals surface area contributed by atoms with Crippen LogP contribution in [-0.2, 0) is 0 Å². The Bertz CT molecular complexity index is 786. The molecule has 0 saturated carbocycles. The first-order valence-electron chi connectivity index (χ1n) is 8.35. The lowest BCUT2D eigenvalue weighted by molar-refractivity contribution is -0.384. The van der Waals surface area contributed by atoms with Gasteiger partial charge in [0, 0.05) is 12.1 Å². The van der Waals surface area contributed by atoms with Crippen LogP contribution in [0.5, 0.6) is 0 Å². The van der Waals surface area contributed by atoms with Gasteiger partial charge in [-0.3, -0.25) is 20.0 Å². The maximum Gasteiger partial charge on any atom is 0.269 e. The molecule has 0 spiro atoms. The lowest BCUT2D eigenvalue weighted by Crippen LogP contribution is -2.14. The fourth-order valence-electron chi connectivity index (χ4n) is 3.69. The summed E-state index contributed by atoms with van der Waals surface area (Å²) >= 11 is 0. The first kappa shape index (κ1) is 15.0. The molecule has 1 saturated heterocycles. The van der Waals surface area contributed by atoms with Crippen LogP contribution < -0.4 is 0 Å². The molecule has 0 aliphatic carbocycles. The molecule has 0 N–H and O–H groups in total. The van der Waals surface area contributed by atoms with E-state index < -0.39 is 0 Å². The number of hydrogen-bond acceptors (Lipinski definition) is 4. The predicted octanol–water partition coefficient (Wildman–Crippen LogP) is 3.95. The van der Waals surface area contributed by atoms with Crippen molar-refractivity contribution in [3.8, 4) is 0 Å². The molecule has 0 radical (unpaired) electrons. The summed E-state index contributed by atoms with van der Waals surface area (Å²) in [5, 5.41) is 10.8. The molecule has 4 atom stereocenters. The minimum Gasteiger partial charge on any atom is -0.268 e. The van der Waals surface area contributed by atoms with Gasteiger partial charge in [-0.1, -0.05) is 43.7 Å². The van der Waals surface area contributed by atoms with Crippen LogP contribution >= 0.6 is 0 Å². The molecule has 2 aromatic carbocycles. The highest BCUT2D eigenvalue weighted by molar-refractivity contribution is 6.08.